The molecular formula is C16H22N2O7. The zero-order chi connectivity index (χ0) is 19.2. The maximum Gasteiger partial charge on any atom is 0.408 e. The van der Waals surface area contributed by atoms with Gasteiger partial charge in [0.15, 0.2) is 0 Å². The second-order valence-corrected chi connectivity index (χ2v) is 6.46. The number of amides is 1. The first-order valence-electron chi connectivity index (χ1n) is 7.57. The van der Waals surface area contributed by atoms with Crippen molar-refractivity contribution >= 4 is 17.7 Å². The molecule has 1 atom stereocenters. The van der Waals surface area contributed by atoms with Crippen LogP contribution in [0, 0.1) is 17.0 Å². The maximum absolute atomic E-state index is 11.8. The van der Waals surface area contributed by atoms with Gasteiger partial charge in [0, 0.05) is 12.1 Å². The Hall–Kier alpha value is -2.84. The third-order valence-corrected chi connectivity index (χ3v) is 2.95. The zero-order valence-corrected chi connectivity index (χ0v) is 14.6. The van der Waals surface area contributed by atoms with E-state index in [-0.39, 0.29) is 18.7 Å². The molecule has 1 rings (SSSR count). The van der Waals surface area contributed by atoms with E-state index in [1.165, 1.54) is 18.2 Å². The van der Waals surface area contributed by atoms with Crippen LogP contribution in [0.1, 0.15) is 32.8 Å². The van der Waals surface area contributed by atoms with Crippen LogP contribution in [0.15, 0.2) is 18.2 Å². The van der Waals surface area contributed by atoms with Crippen molar-refractivity contribution in [1.29, 1.82) is 0 Å². The van der Waals surface area contributed by atoms with Gasteiger partial charge in [0.2, 0.25) is 0 Å². The van der Waals surface area contributed by atoms with Gasteiger partial charge in [0.1, 0.15) is 18.0 Å². The lowest BCUT2D eigenvalue weighted by molar-refractivity contribution is -0.384. The summed E-state index contributed by atoms with van der Waals surface area (Å²) in [5.74, 6) is -0.739. The normalized spacial score (nSPS) is 12.2. The number of carbonyl (C=O) groups excluding carboxylic acids is 1. The van der Waals surface area contributed by atoms with Crippen molar-refractivity contribution in [2.75, 3.05) is 6.61 Å². The number of carbonyl (C=O) groups is 2. The van der Waals surface area contributed by atoms with Crippen molar-refractivity contribution in [1.82, 2.24) is 5.32 Å². The average molecular weight is 354 g/mol. The molecular weight excluding hydrogens is 332 g/mol. The van der Waals surface area contributed by atoms with Gasteiger partial charge in [-0.15, -0.1) is 0 Å². The van der Waals surface area contributed by atoms with Crippen LogP contribution in [0.3, 0.4) is 0 Å². The number of carboxylic acids is 1. The molecule has 1 amide bonds. The maximum atomic E-state index is 11.8. The Kier molecular flexibility index (Phi) is 6.72. The number of alkyl carbamates (subject to hydrolysis) is 1. The predicted octanol–water partition coefficient (Wildman–Crippen LogP) is 2.65. The molecule has 0 saturated heterocycles. The monoisotopic (exact) mass is 354 g/mol. The molecule has 138 valence electrons. The van der Waals surface area contributed by atoms with E-state index >= 15 is 0 Å². The first kappa shape index (κ1) is 20.2. The summed E-state index contributed by atoms with van der Waals surface area (Å²) in [4.78, 5) is 32.9. The summed E-state index contributed by atoms with van der Waals surface area (Å²) in [6.45, 7) is 6.58. The van der Waals surface area contributed by atoms with E-state index in [9.17, 15) is 19.7 Å². The van der Waals surface area contributed by atoms with Gasteiger partial charge in [0.25, 0.3) is 5.69 Å². The van der Waals surface area contributed by atoms with Crippen molar-refractivity contribution in [2.24, 2.45) is 0 Å². The number of carboxylic acid groups (broad SMARTS) is 1. The highest BCUT2D eigenvalue weighted by atomic mass is 16.6. The summed E-state index contributed by atoms with van der Waals surface area (Å²) in [6.07, 6.45) is -1.10. The highest BCUT2D eigenvalue weighted by molar-refractivity contribution is 5.71. The van der Waals surface area contributed by atoms with Crippen LogP contribution in [-0.4, -0.2) is 40.3 Å². The number of ether oxygens (including phenoxy) is 2. The zero-order valence-electron chi connectivity index (χ0n) is 14.6. The predicted molar refractivity (Wildman–Crippen MR) is 88.7 cm³/mol. The number of nitro groups is 1. The van der Waals surface area contributed by atoms with E-state index in [4.69, 9.17) is 14.6 Å². The standard InChI is InChI=1S/C16H22N2O7/c1-10-7-12(18(22)23)5-6-13(10)24-9-11(8-14(19)20)17-15(21)25-16(2,3)4/h5-7,11H,8-9H2,1-4H3,(H,17,21)(H,19,20)/t11-/m1/s1. The van der Waals surface area contributed by atoms with Gasteiger partial charge in [-0.2, -0.15) is 0 Å². The Morgan fingerprint density at radius 3 is 2.48 bits per heavy atom. The number of benzene rings is 1. The minimum absolute atomic E-state index is 0.0705. The number of nitrogens with one attached hydrogen (secondary N) is 1. The molecule has 0 spiro atoms. The molecule has 2 N–H and O–H groups in total. The van der Waals surface area contributed by atoms with Crippen molar-refractivity contribution in [3.63, 3.8) is 0 Å². The van der Waals surface area contributed by atoms with Crippen molar-refractivity contribution in [2.45, 2.75) is 45.8 Å². The van der Waals surface area contributed by atoms with Crippen LogP contribution < -0.4 is 10.1 Å². The fourth-order valence-corrected chi connectivity index (χ4v) is 1.94. The van der Waals surface area contributed by atoms with E-state index in [1.54, 1.807) is 27.7 Å². The molecule has 9 nitrogen and oxygen atoms in total. The Bertz CT molecular complexity index is 652. The summed E-state index contributed by atoms with van der Waals surface area (Å²) in [7, 11) is 0. The third-order valence-electron chi connectivity index (χ3n) is 2.95. The first-order chi connectivity index (χ1) is 11.5. The van der Waals surface area contributed by atoms with Crippen molar-refractivity contribution in [3.8, 4) is 5.75 Å². The fourth-order valence-electron chi connectivity index (χ4n) is 1.94. The number of rotatable bonds is 7. The van der Waals surface area contributed by atoms with Gasteiger partial charge < -0.3 is 19.9 Å². The molecule has 0 heterocycles. The molecule has 0 aromatic heterocycles. The van der Waals surface area contributed by atoms with Crippen LogP contribution >= 0.6 is 0 Å². The number of aryl methyl sites for hydroxylation is 1. The molecule has 25 heavy (non-hydrogen) atoms. The van der Waals surface area contributed by atoms with Gasteiger partial charge in [-0.3, -0.25) is 14.9 Å². The summed E-state index contributed by atoms with van der Waals surface area (Å²) in [5.41, 5.74) is -0.257. The average Bonchev–Trinajstić information content (AvgIpc) is 2.42. The Morgan fingerprint density at radius 1 is 1.36 bits per heavy atom. The lowest BCUT2D eigenvalue weighted by Gasteiger charge is -2.23. The van der Waals surface area contributed by atoms with Crippen LogP contribution in [0.5, 0.6) is 5.75 Å². The molecule has 0 aliphatic heterocycles. The van der Waals surface area contributed by atoms with E-state index in [0.717, 1.165) is 0 Å². The summed E-state index contributed by atoms with van der Waals surface area (Å²) in [5, 5.41) is 22.1. The number of hydrogen-bond acceptors (Lipinski definition) is 6. The molecule has 0 fully saturated rings. The van der Waals surface area contributed by atoms with Gasteiger partial charge in [-0.05, 0) is 39.3 Å². The van der Waals surface area contributed by atoms with Crippen LogP contribution in [0.4, 0.5) is 10.5 Å². The molecule has 0 bridgehead atoms. The van der Waals surface area contributed by atoms with E-state index in [2.05, 4.69) is 5.32 Å². The molecule has 0 aliphatic carbocycles. The fraction of sp³-hybridized carbons (Fsp3) is 0.500. The highest BCUT2D eigenvalue weighted by Gasteiger charge is 2.22. The molecule has 1 aromatic rings. The van der Waals surface area contributed by atoms with Gasteiger partial charge >= 0.3 is 12.1 Å². The Balaban J connectivity index is 2.74. The molecule has 0 aliphatic rings. The Morgan fingerprint density at radius 2 is 2.00 bits per heavy atom. The van der Waals surface area contributed by atoms with E-state index < -0.39 is 28.6 Å². The number of hydrogen-bond donors (Lipinski definition) is 2. The minimum Gasteiger partial charge on any atom is -0.491 e. The molecule has 0 saturated carbocycles. The number of nitrogens with zero attached hydrogens (tertiary/aromatic N) is 1. The molecule has 1 aromatic carbocycles. The third kappa shape index (κ3) is 7.51. The van der Waals surface area contributed by atoms with Crippen molar-refractivity contribution < 1.29 is 29.1 Å². The first-order valence-corrected chi connectivity index (χ1v) is 7.57. The smallest absolute Gasteiger partial charge is 0.408 e. The van der Waals surface area contributed by atoms with Gasteiger partial charge in [-0.1, -0.05) is 0 Å². The molecule has 0 unspecified atom stereocenters. The number of non-ortho nitro benzene ring substituents is 1. The quantitative estimate of drug-likeness (QED) is 0.569. The second kappa shape index (κ2) is 8.32. The topological polar surface area (TPSA) is 128 Å². The van der Waals surface area contributed by atoms with E-state index in [0.29, 0.717) is 11.3 Å². The lowest BCUT2D eigenvalue weighted by Crippen LogP contribution is -2.43. The summed E-state index contributed by atoms with van der Waals surface area (Å²) in [6, 6.07) is 3.25. The van der Waals surface area contributed by atoms with Crippen molar-refractivity contribution in [3.05, 3.63) is 33.9 Å². The highest BCUT2D eigenvalue weighted by Crippen LogP contribution is 2.23. The van der Waals surface area contributed by atoms with Crippen LogP contribution in [0.2, 0.25) is 0 Å². The van der Waals surface area contributed by atoms with Crippen LogP contribution in [-0.2, 0) is 9.53 Å². The molecule has 0 radical (unpaired) electrons. The molecule has 9 heteroatoms. The summed E-state index contributed by atoms with van der Waals surface area (Å²) < 4.78 is 10.6. The lowest BCUT2D eigenvalue weighted by atomic mass is 10.2. The largest absolute Gasteiger partial charge is 0.491 e. The van der Waals surface area contributed by atoms with Gasteiger partial charge in [-0.25, -0.2) is 4.79 Å². The van der Waals surface area contributed by atoms with E-state index in [1.807, 2.05) is 0 Å². The van der Waals surface area contributed by atoms with Crippen LogP contribution in [0.25, 0.3) is 0 Å². The Labute approximate surface area is 145 Å². The number of nitro benzene ring substituents is 1. The second-order valence-electron chi connectivity index (χ2n) is 6.46. The minimum atomic E-state index is -1.11. The summed E-state index contributed by atoms with van der Waals surface area (Å²) >= 11 is 0. The van der Waals surface area contributed by atoms with Gasteiger partial charge in [0.05, 0.1) is 17.4 Å². The number of aliphatic carboxylic acids is 1. The SMILES string of the molecule is Cc1cc([N+](=O)[O-])ccc1OC[C@@H](CC(=O)O)NC(=O)OC(C)(C)C.